The molecule has 1 N–H and O–H groups in total. The highest BCUT2D eigenvalue weighted by atomic mass is 16.5. The molecular weight excluding hydrogens is 168 g/mol. The van der Waals surface area contributed by atoms with Gasteiger partial charge in [0.05, 0.1) is 0 Å². The van der Waals surface area contributed by atoms with Crippen molar-refractivity contribution >= 4 is 5.91 Å². The van der Waals surface area contributed by atoms with Crippen molar-refractivity contribution in [1.29, 1.82) is 0 Å². The van der Waals surface area contributed by atoms with E-state index in [0.717, 1.165) is 0 Å². The quantitative estimate of drug-likeness (QED) is 0.523. The van der Waals surface area contributed by atoms with Crippen LogP contribution in [-0.2, 0) is 4.79 Å². The number of nitrogens with zero attached hydrogens (tertiary/aromatic N) is 1. The van der Waals surface area contributed by atoms with Crippen molar-refractivity contribution in [2.24, 2.45) is 5.41 Å². The maximum atomic E-state index is 11.7. The molecule has 1 heterocycles. The number of rotatable bonds is 0. The van der Waals surface area contributed by atoms with Crippen molar-refractivity contribution in [2.75, 3.05) is 7.05 Å². The van der Waals surface area contributed by atoms with E-state index < -0.39 is 6.04 Å². The fraction of sp³-hybridized carbons (Fsp3) is 0.889. The summed E-state index contributed by atoms with van der Waals surface area (Å²) in [5.74, 6) is -0.0510. The van der Waals surface area contributed by atoms with Crippen molar-refractivity contribution in [3.8, 4) is 0 Å². The lowest BCUT2D eigenvalue weighted by Crippen LogP contribution is -3.14. The fourth-order valence-corrected chi connectivity index (χ4v) is 1.99. The summed E-state index contributed by atoms with van der Waals surface area (Å²) < 4.78 is 0. The summed E-state index contributed by atoms with van der Waals surface area (Å²) in [5.41, 5.74) is -0.160. The third-order valence-electron chi connectivity index (χ3n) is 2.62. The van der Waals surface area contributed by atoms with Gasteiger partial charge < -0.3 is 10.3 Å². The van der Waals surface area contributed by atoms with E-state index in [1.807, 2.05) is 20.8 Å². The maximum Gasteiger partial charge on any atom is 0.285 e. The van der Waals surface area contributed by atoms with Crippen LogP contribution in [0.3, 0.4) is 0 Å². The first-order valence-corrected chi connectivity index (χ1v) is 4.57. The molecule has 1 rings (SSSR count). The molecule has 0 saturated carbocycles. The van der Waals surface area contributed by atoms with Crippen LogP contribution < -0.4 is 5.06 Å². The lowest BCUT2D eigenvalue weighted by molar-refractivity contribution is -0.895. The Bertz CT molecular complexity index is 222. The van der Waals surface area contributed by atoms with E-state index in [0.29, 0.717) is 0 Å². The van der Waals surface area contributed by atoms with Crippen LogP contribution in [0, 0.1) is 10.6 Å². The van der Waals surface area contributed by atoms with Crippen LogP contribution in [0.1, 0.15) is 27.7 Å². The molecule has 0 aromatic carbocycles. The predicted molar refractivity (Wildman–Crippen MR) is 49.8 cm³/mol. The van der Waals surface area contributed by atoms with Gasteiger partial charge in [0.2, 0.25) is 0 Å². The van der Waals surface area contributed by atoms with E-state index >= 15 is 0 Å². The minimum absolute atomic E-state index is 0.0510. The Morgan fingerprint density at radius 3 is 2.08 bits per heavy atom. The van der Waals surface area contributed by atoms with Crippen LogP contribution in [0.2, 0.25) is 0 Å². The van der Waals surface area contributed by atoms with Crippen LogP contribution >= 0.6 is 0 Å². The smallest absolute Gasteiger partial charge is 0.285 e. The summed E-state index contributed by atoms with van der Waals surface area (Å²) in [6.45, 7) is 7.64. The maximum absolute atomic E-state index is 11.7. The second-order valence-corrected chi connectivity index (χ2v) is 4.84. The van der Waals surface area contributed by atoms with Crippen LogP contribution in [0.5, 0.6) is 0 Å². The molecule has 0 aromatic rings. The van der Waals surface area contributed by atoms with E-state index in [1.54, 1.807) is 18.9 Å². The number of hydrogen-bond acceptors (Lipinski definition) is 2. The number of nitrogens with one attached hydrogen (secondary N) is 1. The second kappa shape index (κ2) is 2.96. The number of hydroxylamine groups is 2. The molecule has 4 nitrogen and oxygen atoms in total. The van der Waals surface area contributed by atoms with E-state index in [4.69, 9.17) is 0 Å². The van der Waals surface area contributed by atoms with Crippen molar-refractivity contribution in [2.45, 2.75) is 39.9 Å². The Morgan fingerprint density at radius 1 is 1.46 bits per heavy atom. The van der Waals surface area contributed by atoms with Gasteiger partial charge in [0.15, 0.2) is 12.2 Å². The molecule has 1 aliphatic heterocycles. The van der Waals surface area contributed by atoms with Gasteiger partial charge in [0, 0.05) is 12.5 Å². The summed E-state index contributed by atoms with van der Waals surface area (Å²) in [4.78, 5) is 13.1. The molecule has 4 heteroatoms. The average molecular weight is 186 g/mol. The minimum Gasteiger partial charge on any atom is -0.632 e. The molecule has 1 saturated heterocycles. The summed E-state index contributed by atoms with van der Waals surface area (Å²) in [7, 11) is 1.71. The van der Waals surface area contributed by atoms with Gasteiger partial charge in [0.1, 0.15) is 0 Å². The van der Waals surface area contributed by atoms with E-state index in [-0.39, 0.29) is 22.6 Å². The third kappa shape index (κ3) is 1.56. The standard InChI is InChI=1S/C9H18N2O2/c1-6-7(12)10(5)8(11(6)13)9(2,3)4/h6,8,11H,1-5H3/t6?,8-/m0/s1. The molecule has 0 radical (unpaired) electrons. The Balaban J connectivity index is 2.94. The van der Waals surface area contributed by atoms with Crippen LogP contribution in [0.15, 0.2) is 0 Å². The fourth-order valence-electron chi connectivity index (χ4n) is 1.99. The average Bonchev–Trinajstić information content (AvgIpc) is 2.14. The van der Waals surface area contributed by atoms with E-state index in [9.17, 15) is 10.0 Å². The zero-order valence-electron chi connectivity index (χ0n) is 8.92. The Kier molecular flexibility index (Phi) is 2.38. The summed E-state index contributed by atoms with van der Waals surface area (Å²) in [6.07, 6.45) is -0.255. The molecule has 0 spiro atoms. The number of likely N-dealkylation sites (N-methyl/N-ethyl adjacent to an activating group) is 1. The monoisotopic (exact) mass is 186 g/mol. The van der Waals surface area contributed by atoms with Crippen LogP contribution in [0.4, 0.5) is 0 Å². The number of carbonyl (C=O) groups is 1. The highest BCUT2D eigenvalue weighted by Gasteiger charge is 2.47. The molecule has 2 unspecified atom stereocenters. The molecule has 76 valence electrons. The molecule has 1 fully saturated rings. The molecule has 1 amide bonds. The van der Waals surface area contributed by atoms with Crippen LogP contribution in [0.25, 0.3) is 0 Å². The van der Waals surface area contributed by atoms with Crippen molar-refractivity contribution in [3.63, 3.8) is 0 Å². The Morgan fingerprint density at radius 2 is 1.92 bits per heavy atom. The van der Waals surface area contributed by atoms with Gasteiger partial charge in [-0.2, -0.15) is 0 Å². The zero-order chi connectivity index (χ0) is 10.4. The molecule has 1 aliphatic rings. The highest BCUT2D eigenvalue weighted by Crippen LogP contribution is 2.22. The summed E-state index contributed by atoms with van der Waals surface area (Å²) in [6, 6.07) is -0.450. The number of amides is 1. The Labute approximate surface area is 79.1 Å². The van der Waals surface area contributed by atoms with Gasteiger partial charge in [-0.3, -0.25) is 9.69 Å². The Hall–Kier alpha value is -0.610. The lowest BCUT2D eigenvalue weighted by Gasteiger charge is -2.37. The predicted octanol–water partition coefficient (Wildman–Crippen LogP) is -0.398. The lowest BCUT2D eigenvalue weighted by atomic mass is 9.92. The minimum atomic E-state index is -0.450. The largest absolute Gasteiger partial charge is 0.632 e. The van der Waals surface area contributed by atoms with Gasteiger partial charge in [0.25, 0.3) is 5.91 Å². The molecule has 3 atom stereocenters. The van der Waals surface area contributed by atoms with E-state index in [1.165, 1.54) is 0 Å². The molecule has 0 bridgehead atoms. The van der Waals surface area contributed by atoms with Crippen molar-refractivity contribution in [1.82, 2.24) is 4.90 Å². The van der Waals surface area contributed by atoms with Crippen molar-refractivity contribution < 1.29 is 9.86 Å². The van der Waals surface area contributed by atoms with E-state index in [2.05, 4.69) is 0 Å². The zero-order valence-corrected chi connectivity index (χ0v) is 8.92. The number of hydrogen-bond donors (Lipinski definition) is 1. The number of quaternary nitrogens is 1. The van der Waals surface area contributed by atoms with Crippen molar-refractivity contribution in [3.05, 3.63) is 5.21 Å². The van der Waals surface area contributed by atoms with Gasteiger partial charge in [-0.25, -0.2) is 0 Å². The SMILES string of the molecule is CC1C(=O)N(C)[C@H](C(C)(C)C)[NH+]1[O-]. The second-order valence-electron chi connectivity index (χ2n) is 4.84. The molecule has 13 heavy (non-hydrogen) atoms. The molecule has 0 aromatic heterocycles. The first kappa shape index (κ1) is 10.5. The summed E-state index contributed by atoms with van der Waals surface area (Å²) in [5, 5.41) is 11.8. The van der Waals surface area contributed by atoms with Gasteiger partial charge in [-0.05, 0) is 6.92 Å². The molecular formula is C9H18N2O2. The van der Waals surface area contributed by atoms with Gasteiger partial charge in [-0.15, -0.1) is 0 Å². The van der Waals surface area contributed by atoms with Gasteiger partial charge >= 0.3 is 0 Å². The molecule has 0 aliphatic carbocycles. The summed E-state index contributed by atoms with van der Waals surface area (Å²) >= 11 is 0. The normalized spacial score (nSPS) is 35.7. The first-order valence-electron chi connectivity index (χ1n) is 4.57. The topological polar surface area (TPSA) is 47.8 Å². The first-order chi connectivity index (χ1) is 5.76. The third-order valence-corrected chi connectivity index (χ3v) is 2.62. The number of carbonyl (C=O) groups excluding carboxylic acids is 1. The highest BCUT2D eigenvalue weighted by molar-refractivity contribution is 5.81. The van der Waals surface area contributed by atoms with Crippen LogP contribution in [-0.4, -0.2) is 30.1 Å². The van der Waals surface area contributed by atoms with Gasteiger partial charge in [-0.1, -0.05) is 20.8 Å².